The molecule has 1 amide bonds. The largest absolute Gasteiger partial charge is 0.336 e. The minimum atomic E-state index is -0.650. The van der Waals surface area contributed by atoms with Crippen molar-refractivity contribution in [2.24, 2.45) is 5.92 Å². The van der Waals surface area contributed by atoms with E-state index in [2.05, 4.69) is 0 Å². The van der Waals surface area contributed by atoms with E-state index < -0.39 is 16.6 Å². The summed E-state index contributed by atoms with van der Waals surface area (Å²) < 4.78 is 13.3. The van der Waals surface area contributed by atoms with Gasteiger partial charge >= 0.3 is 0 Å². The van der Waals surface area contributed by atoms with Crippen LogP contribution in [0.2, 0.25) is 0 Å². The molecule has 1 saturated carbocycles. The fourth-order valence-electron chi connectivity index (χ4n) is 2.10. The van der Waals surface area contributed by atoms with Crippen molar-refractivity contribution in [3.05, 3.63) is 39.7 Å². The zero-order chi connectivity index (χ0) is 14.9. The number of nitro benzene ring substituents is 1. The summed E-state index contributed by atoms with van der Waals surface area (Å²) in [5, 5.41) is 11.0. The molecule has 1 aliphatic rings. The van der Waals surface area contributed by atoms with E-state index in [9.17, 15) is 19.3 Å². The number of rotatable bonds is 5. The van der Waals surface area contributed by atoms with E-state index in [1.54, 1.807) is 4.90 Å². The number of nitro groups is 1. The lowest BCUT2D eigenvalue weighted by Crippen LogP contribution is -2.38. The number of nitrogens with zero attached hydrogens (tertiary/aromatic N) is 2. The molecule has 2 rings (SSSR count). The summed E-state index contributed by atoms with van der Waals surface area (Å²) in [4.78, 5) is 24.4. The van der Waals surface area contributed by atoms with E-state index in [4.69, 9.17) is 0 Å². The van der Waals surface area contributed by atoms with Crippen LogP contribution < -0.4 is 0 Å². The minimum Gasteiger partial charge on any atom is -0.336 e. The van der Waals surface area contributed by atoms with E-state index in [1.807, 2.05) is 13.8 Å². The van der Waals surface area contributed by atoms with Crippen LogP contribution in [0.4, 0.5) is 10.1 Å². The molecule has 0 aliphatic heterocycles. The Bertz CT molecular complexity index is 541. The third-order valence-electron chi connectivity index (χ3n) is 3.42. The number of halogens is 1. The van der Waals surface area contributed by atoms with Gasteiger partial charge in [-0.05, 0) is 44.7 Å². The van der Waals surface area contributed by atoms with Crippen LogP contribution in [0.25, 0.3) is 0 Å². The highest BCUT2D eigenvalue weighted by molar-refractivity contribution is 5.98. The van der Waals surface area contributed by atoms with Gasteiger partial charge in [0.1, 0.15) is 11.4 Å². The van der Waals surface area contributed by atoms with Crippen LogP contribution in [0.3, 0.4) is 0 Å². The van der Waals surface area contributed by atoms with E-state index in [0.29, 0.717) is 12.5 Å². The normalized spacial score (nSPS) is 14.4. The maximum absolute atomic E-state index is 13.3. The van der Waals surface area contributed by atoms with Crippen molar-refractivity contribution >= 4 is 11.6 Å². The van der Waals surface area contributed by atoms with Crippen molar-refractivity contribution in [1.82, 2.24) is 4.90 Å². The molecule has 0 heterocycles. The average Bonchev–Trinajstić information content (AvgIpc) is 3.18. The van der Waals surface area contributed by atoms with Crippen LogP contribution in [0.15, 0.2) is 18.2 Å². The summed E-state index contributed by atoms with van der Waals surface area (Å²) >= 11 is 0. The second kappa shape index (κ2) is 5.56. The minimum absolute atomic E-state index is 0.0778. The van der Waals surface area contributed by atoms with Gasteiger partial charge in [0.25, 0.3) is 11.6 Å². The first-order valence-electron chi connectivity index (χ1n) is 6.65. The average molecular weight is 280 g/mol. The molecule has 20 heavy (non-hydrogen) atoms. The molecule has 1 aliphatic carbocycles. The van der Waals surface area contributed by atoms with E-state index in [0.717, 1.165) is 31.0 Å². The molecule has 1 aromatic carbocycles. The molecule has 0 radical (unpaired) electrons. The third kappa shape index (κ3) is 3.12. The quantitative estimate of drug-likeness (QED) is 0.615. The van der Waals surface area contributed by atoms with Crippen molar-refractivity contribution in [3.63, 3.8) is 0 Å². The third-order valence-corrected chi connectivity index (χ3v) is 3.42. The van der Waals surface area contributed by atoms with Crippen molar-refractivity contribution in [1.29, 1.82) is 0 Å². The summed E-state index contributed by atoms with van der Waals surface area (Å²) in [6.45, 7) is 4.28. The van der Waals surface area contributed by atoms with Crippen LogP contribution in [0.5, 0.6) is 0 Å². The lowest BCUT2D eigenvalue weighted by atomic mass is 10.1. The number of hydrogen-bond donors (Lipinski definition) is 0. The van der Waals surface area contributed by atoms with Crippen LogP contribution in [-0.2, 0) is 0 Å². The molecule has 0 unspecified atom stereocenters. The summed E-state index contributed by atoms with van der Waals surface area (Å²) in [6.07, 6.45) is 2.14. The fraction of sp³-hybridized carbons (Fsp3) is 0.500. The smallest absolute Gasteiger partial charge is 0.282 e. The maximum atomic E-state index is 13.3. The van der Waals surface area contributed by atoms with Gasteiger partial charge in [-0.25, -0.2) is 4.39 Å². The Morgan fingerprint density at radius 2 is 2.15 bits per heavy atom. The number of carbonyl (C=O) groups excluding carboxylic acids is 1. The van der Waals surface area contributed by atoms with Gasteiger partial charge in [0.2, 0.25) is 0 Å². The first-order chi connectivity index (χ1) is 9.40. The monoisotopic (exact) mass is 280 g/mol. The molecular formula is C14H17FN2O3. The molecule has 0 N–H and O–H groups in total. The molecule has 5 nitrogen and oxygen atoms in total. The first kappa shape index (κ1) is 14.4. The number of carbonyl (C=O) groups is 1. The number of benzene rings is 1. The zero-order valence-corrected chi connectivity index (χ0v) is 11.5. The van der Waals surface area contributed by atoms with Gasteiger partial charge in [0.05, 0.1) is 4.92 Å². The van der Waals surface area contributed by atoms with Crippen molar-refractivity contribution in [3.8, 4) is 0 Å². The van der Waals surface area contributed by atoms with Gasteiger partial charge in [0, 0.05) is 18.7 Å². The molecule has 1 fully saturated rings. The molecule has 0 bridgehead atoms. The first-order valence-corrected chi connectivity index (χ1v) is 6.65. The number of hydrogen-bond acceptors (Lipinski definition) is 3. The lowest BCUT2D eigenvalue weighted by Gasteiger charge is -2.26. The highest BCUT2D eigenvalue weighted by Gasteiger charge is 2.31. The fourth-order valence-corrected chi connectivity index (χ4v) is 2.10. The summed E-state index contributed by atoms with van der Waals surface area (Å²) in [7, 11) is 0. The Hall–Kier alpha value is -1.98. The van der Waals surface area contributed by atoms with Crippen molar-refractivity contribution < 1.29 is 14.1 Å². The standard InChI is InChI=1S/C14H17FN2O3/c1-9(2)16(8-10-3-4-10)14(18)12-7-11(15)5-6-13(12)17(19)20/h5-7,9-10H,3-4,8H2,1-2H3. The second-order valence-corrected chi connectivity index (χ2v) is 5.41. The predicted octanol–water partition coefficient (Wildman–Crippen LogP) is 2.99. The number of amides is 1. The maximum Gasteiger partial charge on any atom is 0.282 e. The van der Waals surface area contributed by atoms with Gasteiger partial charge < -0.3 is 4.90 Å². The molecule has 108 valence electrons. The van der Waals surface area contributed by atoms with Crippen LogP contribution in [0.1, 0.15) is 37.0 Å². The van der Waals surface area contributed by atoms with Gasteiger partial charge in [-0.1, -0.05) is 0 Å². The van der Waals surface area contributed by atoms with E-state index >= 15 is 0 Å². The Morgan fingerprint density at radius 3 is 2.65 bits per heavy atom. The lowest BCUT2D eigenvalue weighted by molar-refractivity contribution is -0.385. The van der Waals surface area contributed by atoms with Crippen molar-refractivity contribution in [2.45, 2.75) is 32.7 Å². The van der Waals surface area contributed by atoms with E-state index in [-0.39, 0.29) is 17.3 Å². The van der Waals surface area contributed by atoms with Gasteiger partial charge in [-0.15, -0.1) is 0 Å². The topological polar surface area (TPSA) is 63.5 Å². The van der Waals surface area contributed by atoms with Crippen LogP contribution in [-0.4, -0.2) is 28.3 Å². The highest BCUT2D eigenvalue weighted by Crippen LogP contribution is 2.31. The Kier molecular flexibility index (Phi) is 4.01. The predicted molar refractivity (Wildman–Crippen MR) is 72.0 cm³/mol. The summed E-state index contributed by atoms with van der Waals surface area (Å²) in [5.41, 5.74) is -0.526. The van der Waals surface area contributed by atoms with Crippen molar-refractivity contribution in [2.75, 3.05) is 6.54 Å². The molecule has 0 spiro atoms. The molecule has 0 aromatic heterocycles. The van der Waals surface area contributed by atoms with Crippen LogP contribution in [0, 0.1) is 21.8 Å². The van der Waals surface area contributed by atoms with Gasteiger partial charge in [0.15, 0.2) is 0 Å². The summed E-state index contributed by atoms with van der Waals surface area (Å²) in [5.74, 6) is -0.652. The Morgan fingerprint density at radius 1 is 1.50 bits per heavy atom. The molecule has 0 atom stereocenters. The van der Waals surface area contributed by atoms with Crippen LogP contribution >= 0.6 is 0 Å². The Balaban J connectivity index is 2.34. The second-order valence-electron chi connectivity index (χ2n) is 5.41. The summed E-state index contributed by atoms with van der Waals surface area (Å²) in [6, 6.07) is 2.90. The van der Waals surface area contributed by atoms with Gasteiger partial charge in [-0.2, -0.15) is 0 Å². The van der Waals surface area contributed by atoms with E-state index in [1.165, 1.54) is 0 Å². The SMILES string of the molecule is CC(C)N(CC1CC1)C(=O)c1cc(F)ccc1[N+](=O)[O-]. The highest BCUT2D eigenvalue weighted by atomic mass is 19.1. The zero-order valence-electron chi connectivity index (χ0n) is 11.5. The Labute approximate surface area is 116 Å². The molecular weight excluding hydrogens is 263 g/mol. The van der Waals surface area contributed by atoms with Gasteiger partial charge in [-0.3, -0.25) is 14.9 Å². The molecule has 6 heteroatoms. The molecule has 1 aromatic rings. The molecule has 0 saturated heterocycles.